The van der Waals surface area contributed by atoms with E-state index in [0.717, 1.165) is 29.8 Å². The standard InChI is InChI=1S/C17H21N3.C9H8N2O/c1-3-15-16-14(11-13-9-10-20(13)15)17(19(2)18-16)12-7-5-4-6-8-12;1-11-5-3-8-7(6-12)2-4-10-9(8)11/h4-8,13,15H,3,9-11H2,1-2H3;2-6H,1H3. The van der Waals surface area contributed by atoms with Gasteiger partial charge in [-0.25, -0.2) is 4.98 Å². The minimum Gasteiger partial charge on any atom is -0.336 e. The molecule has 6 nitrogen and oxygen atoms in total. The zero-order chi connectivity index (χ0) is 22.2. The number of carbonyl (C=O) groups is 1. The summed E-state index contributed by atoms with van der Waals surface area (Å²) in [6, 6.07) is 15.6. The van der Waals surface area contributed by atoms with Crippen LogP contribution in [0.1, 0.15) is 47.4 Å². The van der Waals surface area contributed by atoms with Crippen LogP contribution in [0.3, 0.4) is 0 Å². The third kappa shape index (κ3) is 3.35. The van der Waals surface area contributed by atoms with Gasteiger partial charge in [0.05, 0.1) is 17.4 Å². The highest BCUT2D eigenvalue weighted by molar-refractivity contribution is 5.95. The van der Waals surface area contributed by atoms with E-state index in [1.54, 1.807) is 12.3 Å². The van der Waals surface area contributed by atoms with Crippen LogP contribution in [0, 0.1) is 0 Å². The van der Waals surface area contributed by atoms with Gasteiger partial charge in [0.2, 0.25) is 0 Å². The Hall–Kier alpha value is -3.25. The Balaban J connectivity index is 0.000000154. The van der Waals surface area contributed by atoms with Crippen molar-refractivity contribution in [2.45, 2.75) is 38.3 Å². The molecule has 1 fully saturated rings. The predicted molar refractivity (Wildman–Crippen MR) is 127 cm³/mol. The van der Waals surface area contributed by atoms with Gasteiger partial charge >= 0.3 is 0 Å². The van der Waals surface area contributed by atoms with Crippen molar-refractivity contribution < 1.29 is 4.79 Å². The van der Waals surface area contributed by atoms with Crippen LogP contribution in [0.2, 0.25) is 0 Å². The van der Waals surface area contributed by atoms with Crippen molar-refractivity contribution in [1.29, 1.82) is 0 Å². The van der Waals surface area contributed by atoms with Crippen LogP contribution in [0.15, 0.2) is 54.9 Å². The van der Waals surface area contributed by atoms with E-state index in [2.05, 4.69) is 58.9 Å². The molecule has 5 heterocycles. The monoisotopic (exact) mass is 427 g/mol. The van der Waals surface area contributed by atoms with Crippen molar-refractivity contribution in [1.82, 2.24) is 24.2 Å². The summed E-state index contributed by atoms with van der Waals surface area (Å²) in [7, 11) is 3.99. The second-order valence-corrected chi connectivity index (χ2v) is 8.69. The number of aryl methyl sites for hydroxylation is 2. The van der Waals surface area contributed by atoms with Crippen LogP contribution >= 0.6 is 0 Å². The average Bonchev–Trinajstić information content (AvgIpc) is 3.35. The van der Waals surface area contributed by atoms with Crippen molar-refractivity contribution in [2.24, 2.45) is 14.1 Å². The fourth-order valence-electron chi connectivity index (χ4n) is 5.21. The van der Waals surface area contributed by atoms with Gasteiger partial charge in [0.15, 0.2) is 6.29 Å². The van der Waals surface area contributed by atoms with Crippen molar-refractivity contribution in [3.05, 3.63) is 71.7 Å². The molecule has 1 saturated heterocycles. The molecule has 3 aromatic heterocycles. The molecule has 0 bridgehead atoms. The summed E-state index contributed by atoms with van der Waals surface area (Å²) in [5.41, 5.74) is 6.98. The zero-order valence-electron chi connectivity index (χ0n) is 18.9. The van der Waals surface area contributed by atoms with E-state index in [-0.39, 0.29) is 0 Å². The van der Waals surface area contributed by atoms with Gasteiger partial charge in [0.1, 0.15) is 5.65 Å². The van der Waals surface area contributed by atoms with E-state index in [4.69, 9.17) is 5.10 Å². The molecule has 32 heavy (non-hydrogen) atoms. The maximum atomic E-state index is 10.6. The Morgan fingerprint density at radius 2 is 1.94 bits per heavy atom. The normalized spacial score (nSPS) is 19.5. The molecule has 6 rings (SSSR count). The van der Waals surface area contributed by atoms with E-state index in [0.29, 0.717) is 11.6 Å². The minimum absolute atomic E-state index is 0.529. The molecule has 0 N–H and O–H groups in total. The highest BCUT2D eigenvalue weighted by Crippen LogP contribution is 2.43. The Morgan fingerprint density at radius 3 is 2.62 bits per heavy atom. The maximum Gasteiger partial charge on any atom is 0.150 e. The second kappa shape index (κ2) is 8.36. The molecule has 2 atom stereocenters. The fourth-order valence-corrected chi connectivity index (χ4v) is 5.21. The first-order valence-corrected chi connectivity index (χ1v) is 11.3. The van der Waals surface area contributed by atoms with Crippen LogP contribution in [-0.2, 0) is 20.5 Å². The first-order valence-electron chi connectivity index (χ1n) is 11.3. The average molecular weight is 428 g/mol. The molecule has 0 spiro atoms. The Kier molecular flexibility index (Phi) is 5.39. The predicted octanol–water partition coefficient (Wildman–Crippen LogP) is 4.55. The van der Waals surface area contributed by atoms with Crippen LogP contribution in [0.25, 0.3) is 22.3 Å². The van der Waals surface area contributed by atoms with Crippen LogP contribution in [0.4, 0.5) is 0 Å². The van der Waals surface area contributed by atoms with Gasteiger partial charge in [-0.15, -0.1) is 0 Å². The number of hydrogen-bond donors (Lipinski definition) is 0. The molecule has 2 aliphatic rings. The SMILES string of the molecule is CCC1c2nn(C)c(-c3ccccc3)c2CC2CCN21.Cn1ccc2c(C=O)ccnc21. The number of benzene rings is 1. The number of aldehydes is 1. The van der Waals surface area contributed by atoms with Gasteiger partial charge in [0.25, 0.3) is 0 Å². The molecule has 0 radical (unpaired) electrons. The third-order valence-electron chi connectivity index (χ3n) is 6.88. The van der Waals surface area contributed by atoms with Crippen molar-refractivity contribution >= 4 is 17.3 Å². The molecule has 2 aliphatic heterocycles. The molecule has 6 heteroatoms. The molecule has 0 amide bonds. The summed E-state index contributed by atoms with van der Waals surface area (Å²) in [6.45, 7) is 3.53. The molecule has 4 aromatic rings. The smallest absolute Gasteiger partial charge is 0.150 e. The second-order valence-electron chi connectivity index (χ2n) is 8.69. The van der Waals surface area contributed by atoms with E-state index < -0.39 is 0 Å². The van der Waals surface area contributed by atoms with E-state index in [1.807, 2.05) is 23.9 Å². The van der Waals surface area contributed by atoms with Gasteiger partial charge in [-0.2, -0.15) is 5.10 Å². The summed E-state index contributed by atoms with van der Waals surface area (Å²) in [4.78, 5) is 17.4. The molecular formula is C26H29N5O. The molecular weight excluding hydrogens is 398 g/mol. The number of fused-ring (bicyclic) bond motifs is 3. The van der Waals surface area contributed by atoms with Gasteiger partial charge in [0, 0.05) is 61.2 Å². The number of rotatable bonds is 3. The first kappa shape index (κ1) is 20.6. The number of pyridine rings is 1. The van der Waals surface area contributed by atoms with Gasteiger partial charge in [-0.05, 0) is 31.4 Å². The molecule has 164 valence electrons. The van der Waals surface area contributed by atoms with Crippen LogP contribution < -0.4 is 0 Å². The molecule has 0 aliphatic carbocycles. The lowest BCUT2D eigenvalue weighted by Crippen LogP contribution is -2.53. The summed E-state index contributed by atoms with van der Waals surface area (Å²) >= 11 is 0. The fraction of sp³-hybridized carbons (Fsp3) is 0.346. The Morgan fingerprint density at radius 1 is 1.12 bits per heavy atom. The first-order chi connectivity index (χ1) is 15.6. The summed E-state index contributed by atoms with van der Waals surface area (Å²) < 4.78 is 3.98. The lowest BCUT2D eigenvalue weighted by molar-refractivity contribution is 0.0246. The number of nitrogens with zero attached hydrogens (tertiary/aromatic N) is 5. The van der Waals surface area contributed by atoms with E-state index >= 15 is 0 Å². The number of aromatic nitrogens is 4. The van der Waals surface area contributed by atoms with E-state index in [9.17, 15) is 4.79 Å². The van der Waals surface area contributed by atoms with Gasteiger partial charge in [-0.1, -0.05) is 37.3 Å². The van der Waals surface area contributed by atoms with Crippen molar-refractivity contribution in [2.75, 3.05) is 6.54 Å². The lowest BCUT2D eigenvalue weighted by Gasteiger charge is -2.49. The number of carbonyl (C=O) groups excluding carboxylic acids is 1. The topological polar surface area (TPSA) is 56.0 Å². The van der Waals surface area contributed by atoms with Crippen LogP contribution in [0.5, 0.6) is 0 Å². The zero-order valence-corrected chi connectivity index (χ0v) is 18.9. The third-order valence-corrected chi connectivity index (χ3v) is 6.88. The quantitative estimate of drug-likeness (QED) is 0.450. The molecule has 0 saturated carbocycles. The van der Waals surface area contributed by atoms with Crippen molar-refractivity contribution in [3.8, 4) is 11.3 Å². The maximum absolute atomic E-state index is 10.6. The van der Waals surface area contributed by atoms with Gasteiger partial charge < -0.3 is 4.57 Å². The van der Waals surface area contributed by atoms with Gasteiger partial charge in [-0.3, -0.25) is 14.4 Å². The lowest BCUT2D eigenvalue weighted by atomic mass is 9.83. The number of hydrogen-bond acceptors (Lipinski definition) is 4. The highest BCUT2D eigenvalue weighted by Gasteiger charge is 2.42. The Labute approximate surface area is 188 Å². The molecule has 2 unspecified atom stereocenters. The highest BCUT2D eigenvalue weighted by atomic mass is 16.1. The van der Waals surface area contributed by atoms with Crippen LogP contribution in [-0.4, -0.2) is 43.1 Å². The molecule has 1 aromatic carbocycles. The summed E-state index contributed by atoms with van der Waals surface area (Å²) in [6.07, 6.45) is 8.07. The minimum atomic E-state index is 0.529. The summed E-state index contributed by atoms with van der Waals surface area (Å²) in [5.74, 6) is 0. The van der Waals surface area contributed by atoms with Crippen molar-refractivity contribution in [3.63, 3.8) is 0 Å². The largest absolute Gasteiger partial charge is 0.336 e. The van der Waals surface area contributed by atoms with E-state index in [1.165, 1.54) is 41.9 Å². The summed E-state index contributed by atoms with van der Waals surface area (Å²) in [5, 5.41) is 5.79. The Bertz CT molecular complexity index is 1260.